The molecule has 0 bridgehead atoms. The molecule has 0 amide bonds. The Balaban J connectivity index is 1.96. The molecule has 1 aromatic carbocycles. The smallest absolute Gasteiger partial charge is 0.123 e. The van der Waals surface area contributed by atoms with E-state index < -0.39 is 0 Å². The summed E-state index contributed by atoms with van der Waals surface area (Å²) in [6, 6.07) is 4.13. The van der Waals surface area contributed by atoms with Crippen LogP contribution in [0.25, 0.3) is 0 Å². The topological polar surface area (TPSA) is 35.5 Å². The quantitative estimate of drug-likeness (QED) is 0.899. The number of nitrogens with one attached hydrogen (secondary N) is 1. The van der Waals surface area contributed by atoms with Crippen molar-refractivity contribution in [3.8, 4) is 5.75 Å². The van der Waals surface area contributed by atoms with Crippen LogP contribution in [0.4, 0.5) is 0 Å². The van der Waals surface area contributed by atoms with Crippen molar-refractivity contribution in [2.45, 2.75) is 32.2 Å². The SMILES string of the molecule is Cc1cc(Cl)cc([C@@H](C2CCC2)N2CCNCC2)c1O. The average molecular weight is 295 g/mol. The molecule has 0 aromatic heterocycles. The van der Waals surface area contributed by atoms with Gasteiger partial charge in [0.2, 0.25) is 0 Å². The fourth-order valence-corrected chi connectivity index (χ4v) is 3.73. The number of nitrogens with zero attached hydrogens (tertiary/aromatic N) is 1. The summed E-state index contributed by atoms with van der Waals surface area (Å²) in [5.74, 6) is 1.10. The number of phenolic OH excluding ortho intramolecular Hbond substituents is 1. The van der Waals surface area contributed by atoms with Crippen molar-refractivity contribution in [2.24, 2.45) is 5.92 Å². The van der Waals surface area contributed by atoms with Gasteiger partial charge in [0.1, 0.15) is 5.75 Å². The minimum atomic E-state index is 0.322. The Morgan fingerprint density at radius 1 is 1.30 bits per heavy atom. The van der Waals surface area contributed by atoms with E-state index in [1.54, 1.807) is 0 Å². The van der Waals surface area contributed by atoms with Crippen LogP contribution in [-0.4, -0.2) is 36.2 Å². The molecule has 1 aliphatic heterocycles. The number of aryl methyl sites for hydroxylation is 1. The lowest BCUT2D eigenvalue weighted by molar-refractivity contribution is 0.0819. The van der Waals surface area contributed by atoms with E-state index in [0.29, 0.717) is 17.7 Å². The molecule has 2 fully saturated rings. The molecule has 1 heterocycles. The monoisotopic (exact) mass is 294 g/mol. The third-order valence-corrected chi connectivity index (χ3v) is 4.97. The van der Waals surface area contributed by atoms with Crippen LogP contribution in [0.5, 0.6) is 5.75 Å². The van der Waals surface area contributed by atoms with Crippen LogP contribution in [0.15, 0.2) is 12.1 Å². The summed E-state index contributed by atoms with van der Waals surface area (Å²) in [6.07, 6.45) is 3.84. The van der Waals surface area contributed by atoms with Crippen molar-refractivity contribution in [1.82, 2.24) is 10.2 Å². The largest absolute Gasteiger partial charge is 0.507 e. The van der Waals surface area contributed by atoms with Gasteiger partial charge in [-0.15, -0.1) is 0 Å². The first-order chi connectivity index (χ1) is 9.66. The second kappa shape index (κ2) is 5.92. The number of benzene rings is 1. The van der Waals surface area contributed by atoms with E-state index in [1.165, 1.54) is 19.3 Å². The molecule has 4 heteroatoms. The van der Waals surface area contributed by atoms with Gasteiger partial charge in [-0.3, -0.25) is 4.90 Å². The van der Waals surface area contributed by atoms with E-state index in [4.69, 9.17) is 11.6 Å². The van der Waals surface area contributed by atoms with Crippen LogP contribution in [0.3, 0.4) is 0 Å². The minimum absolute atomic E-state index is 0.322. The van der Waals surface area contributed by atoms with Crippen molar-refractivity contribution >= 4 is 11.6 Å². The maximum atomic E-state index is 10.5. The van der Waals surface area contributed by atoms with Gasteiger partial charge in [0, 0.05) is 42.8 Å². The van der Waals surface area contributed by atoms with E-state index in [0.717, 1.165) is 42.3 Å². The molecule has 20 heavy (non-hydrogen) atoms. The molecule has 1 saturated heterocycles. The zero-order valence-corrected chi connectivity index (χ0v) is 12.8. The predicted octanol–water partition coefficient (Wildman–Crippen LogP) is 3.10. The zero-order valence-electron chi connectivity index (χ0n) is 12.0. The number of rotatable bonds is 3. The summed E-state index contributed by atoms with van der Waals surface area (Å²) < 4.78 is 0. The summed E-state index contributed by atoms with van der Waals surface area (Å²) in [7, 11) is 0. The van der Waals surface area contributed by atoms with Crippen LogP contribution in [0.1, 0.15) is 36.4 Å². The van der Waals surface area contributed by atoms with E-state index in [1.807, 2.05) is 19.1 Å². The van der Waals surface area contributed by atoms with Crippen molar-refractivity contribution in [3.63, 3.8) is 0 Å². The van der Waals surface area contributed by atoms with Crippen molar-refractivity contribution in [1.29, 1.82) is 0 Å². The molecule has 3 nitrogen and oxygen atoms in total. The molecule has 0 radical (unpaired) electrons. The molecule has 2 N–H and O–H groups in total. The Bertz CT molecular complexity index is 482. The van der Waals surface area contributed by atoms with Crippen molar-refractivity contribution < 1.29 is 5.11 Å². The minimum Gasteiger partial charge on any atom is -0.507 e. The third kappa shape index (κ3) is 2.67. The maximum Gasteiger partial charge on any atom is 0.123 e. The molecule has 0 spiro atoms. The van der Waals surface area contributed by atoms with Gasteiger partial charge in [-0.05, 0) is 43.4 Å². The second-order valence-corrected chi connectivity index (χ2v) is 6.52. The Morgan fingerprint density at radius 3 is 2.60 bits per heavy atom. The molecule has 2 aliphatic rings. The second-order valence-electron chi connectivity index (χ2n) is 6.08. The van der Waals surface area contributed by atoms with Gasteiger partial charge in [0.15, 0.2) is 0 Å². The first-order valence-electron chi connectivity index (χ1n) is 7.60. The van der Waals surface area contributed by atoms with Crippen LogP contribution < -0.4 is 5.32 Å². The van der Waals surface area contributed by atoms with Crippen molar-refractivity contribution in [2.75, 3.05) is 26.2 Å². The third-order valence-electron chi connectivity index (χ3n) is 4.75. The highest BCUT2D eigenvalue weighted by Gasteiger charge is 2.35. The molecule has 0 unspecified atom stereocenters. The summed E-state index contributed by atoms with van der Waals surface area (Å²) in [6.45, 7) is 6.09. The Kier molecular flexibility index (Phi) is 4.20. The van der Waals surface area contributed by atoms with Crippen LogP contribution >= 0.6 is 11.6 Å². The van der Waals surface area contributed by atoms with Crippen LogP contribution in [0.2, 0.25) is 5.02 Å². The average Bonchev–Trinajstić information content (AvgIpc) is 2.39. The summed E-state index contributed by atoms with van der Waals surface area (Å²) in [4.78, 5) is 2.52. The van der Waals surface area contributed by atoms with Crippen molar-refractivity contribution in [3.05, 3.63) is 28.3 Å². The zero-order chi connectivity index (χ0) is 14.1. The number of hydrogen-bond acceptors (Lipinski definition) is 3. The van der Waals surface area contributed by atoms with E-state index in [-0.39, 0.29) is 0 Å². The van der Waals surface area contributed by atoms with Gasteiger partial charge < -0.3 is 10.4 Å². The normalized spacial score (nSPS) is 22.5. The van der Waals surface area contributed by atoms with Gasteiger partial charge in [-0.1, -0.05) is 18.0 Å². The predicted molar refractivity (Wildman–Crippen MR) is 82.4 cm³/mol. The highest BCUT2D eigenvalue weighted by Crippen LogP contribution is 2.45. The van der Waals surface area contributed by atoms with E-state index in [2.05, 4.69) is 10.2 Å². The van der Waals surface area contributed by atoms with Crippen LogP contribution in [-0.2, 0) is 0 Å². The lowest BCUT2D eigenvalue weighted by Crippen LogP contribution is -2.47. The van der Waals surface area contributed by atoms with Gasteiger partial charge in [-0.2, -0.15) is 0 Å². The molecule has 1 atom stereocenters. The number of halogens is 1. The number of hydrogen-bond donors (Lipinski definition) is 2. The highest BCUT2D eigenvalue weighted by molar-refractivity contribution is 6.30. The highest BCUT2D eigenvalue weighted by atomic mass is 35.5. The standard InChI is InChI=1S/C16H23ClN2O/c1-11-9-13(17)10-14(16(11)20)15(12-3-2-4-12)19-7-5-18-6-8-19/h9-10,12,15,18,20H,2-8H2,1H3/t15-/m1/s1. The molecule has 1 aromatic rings. The summed E-state index contributed by atoms with van der Waals surface area (Å²) in [5.41, 5.74) is 1.91. The fraction of sp³-hybridized carbons (Fsp3) is 0.625. The number of phenols is 1. The van der Waals surface area contributed by atoms with E-state index >= 15 is 0 Å². The molecular formula is C16H23ClN2O. The number of aromatic hydroxyl groups is 1. The van der Waals surface area contributed by atoms with Gasteiger partial charge in [0.05, 0.1) is 0 Å². The molecular weight excluding hydrogens is 272 g/mol. The molecule has 1 saturated carbocycles. The first kappa shape index (κ1) is 14.2. The molecule has 1 aliphatic carbocycles. The summed E-state index contributed by atoms with van der Waals surface area (Å²) >= 11 is 6.23. The van der Waals surface area contributed by atoms with Crippen LogP contribution in [0, 0.1) is 12.8 Å². The Morgan fingerprint density at radius 2 is 2.00 bits per heavy atom. The number of piperazine rings is 1. The maximum absolute atomic E-state index is 10.5. The van der Waals surface area contributed by atoms with Gasteiger partial charge >= 0.3 is 0 Å². The molecule has 110 valence electrons. The van der Waals surface area contributed by atoms with E-state index in [9.17, 15) is 5.11 Å². The summed E-state index contributed by atoms with van der Waals surface area (Å²) in [5, 5.41) is 14.6. The lowest BCUT2D eigenvalue weighted by Gasteiger charge is -2.43. The molecule has 3 rings (SSSR count). The fourth-order valence-electron chi connectivity index (χ4n) is 3.45. The van der Waals surface area contributed by atoms with Gasteiger partial charge in [-0.25, -0.2) is 0 Å². The lowest BCUT2D eigenvalue weighted by atomic mass is 9.76. The Labute approximate surface area is 125 Å². The Hall–Kier alpha value is -0.770. The first-order valence-corrected chi connectivity index (χ1v) is 7.98. The van der Waals surface area contributed by atoms with Gasteiger partial charge in [0.25, 0.3) is 0 Å².